The number of hydrogen-bond acceptors (Lipinski definition) is 8. The van der Waals surface area contributed by atoms with E-state index in [-0.39, 0.29) is 37.0 Å². The fourth-order valence-electron chi connectivity index (χ4n) is 10.2. The van der Waals surface area contributed by atoms with Crippen molar-refractivity contribution in [1.29, 1.82) is 0 Å². The smallest absolute Gasteiger partial charge is 0.251 e. The normalized spacial score (nSPS) is 30.0. The number of hydroxylamine groups is 2. The average molecular weight is 719 g/mol. The maximum atomic E-state index is 14.2. The van der Waals surface area contributed by atoms with Crippen molar-refractivity contribution < 1.29 is 29.4 Å². The van der Waals surface area contributed by atoms with E-state index in [0.29, 0.717) is 40.4 Å². The maximum absolute atomic E-state index is 14.2. The summed E-state index contributed by atoms with van der Waals surface area (Å²) in [5.41, 5.74) is 3.32. The highest BCUT2D eigenvalue weighted by molar-refractivity contribution is 5.96. The fraction of sp³-hybridized carbons (Fsp3) is 0.667. The van der Waals surface area contributed by atoms with E-state index in [0.717, 1.165) is 42.5 Å². The van der Waals surface area contributed by atoms with Gasteiger partial charge in [-0.2, -0.15) is 5.06 Å². The summed E-state index contributed by atoms with van der Waals surface area (Å²) in [6, 6.07) is 12.8. The number of benzene rings is 2. The van der Waals surface area contributed by atoms with Crippen LogP contribution >= 0.6 is 0 Å². The van der Waals surface area contributed by atoms with Gasteiger partial charge in [-0.05, 0) is 93.5 Å². The van der Waals surface area contributed by atoms with Gasteiger partial charge < -0.3 is 30.5 Å². The lowest BCUT2D eigenvalue weighted by Crippen LogP contribution is -2.62. The number of rotatable bonds is 13. The van der Waals surface area contributed by atoms with Crippen molar-refractivity contribution in [3.05, 3.63) is 53.6 Å². The third-order valence-corrected chi connectivity index (χ3v) is 13.2. The number of carbonyl (C=O) groups excluding carboxylic acids is 2. The quantitative estimate of drug-likeness (QED) is 0.221. The molecular formula is C42H62N4O6. The Hall–Kier alpha value is -3.02. The first kappa shape index (κ1) is 38.7. The number of fused-ring (bicyclic) bond motifs is 2. The summed E-state index contributed by atoms with van der Waals surface area (Å²) in [7, 11) is 5.73. The van der Waals surface area contributed by atoms with E-state index in [4.69, 9.17) is 9.57 Å². The lowest BCUT2D eigenvalue weighted by molar-refractivity contribution is -0.183. The maximum Gasteiger partial charge on any atom is 0.251 e. The summed E-state index contributed by atoms with van der Waals surface area (Å²) in [5.74, 6) is 1.69. The molecule has 9 atom stereocenters. The Kier molecular flexibility index (Phi) is 12.0. The highest BCUT2D eigenvalue weighted by Gasteiger charge is 2.57. The highest BCUT2D eigenvalue weighted by Crippen LogP contribution is 2.61. The van der Waals surface area contributed by atoms with Crippen molar-refractivity contribution in [2.75, 3.05) is 34.4 Å². The summed E-state index contributed by atoms with van der Waals surface area (Å²) in [5, 5.41) is 29.6. The molecule has 5 aliphatic rings. The number of carbonyl (C=O) groups is 2. The molecule has 2 bridgehead atoms. The molecule has 2 amide bonds. The summed E-state index contributed by atoms with van der Waals surface area (Å²) in [6.45, 7) is 9.26. The first-order valence-corrected chi connectivity index (χ1v) is 19.6. The third kappa shape index (κ3) is 7.78. The van der Waals surface area contributed by atoms with E-state index < -0.39 is 24.2 Å². The number of nitrogens with zero attached hydrogens (tertiary/aromatic N) is 2. The Bertz CT molecular complexity index is 1560. The Morgan fingerprint density at radius 2 is 1.83 bits per heavy atom. The van der Waals surface area contributed by atoms with Crippen LogP contribution in [0, 0.1) is 35.0 Å². The topological polar surface area (TPSA) is 124 Å². The Morgan fingerprint density at radius 3 is 2.46 bits per heavy atom. The molecule has 0 radical (unpaired) electrons. The Morgan fingerprint density at radius 1 is 1.10 bits per heavy atom. The molecule has 4 saturated carbocycles. The summed E-state index contributed by atoms with van der Waals surface area (Å²) < 4.78 is 6.04. The minimum atomic E-state index is -0.883. The Balaban J connectivity index is 1.23. The molecular weight excluding hydrogens is 656 g/mol. The van der Waals surface area contributed by atoms with E-state index >= 15 is 0 Å². The van der Waals surface area contributed by atoms with Crippen LogP contribution in [0.5, 0.6) is 5.75 Å². The van der Waals surface area contributed by atoms with Crippen LogP contribution in [0.1, 0.15) is 88.6 Å². The lowest BCUT2D eigenvalue weighted by atomic mass is 9.45. The zero-order valence-electron chi connectivity index (χ0n) is 32.3. The van der Waals surface area contributed by atoms with E-state index in [1.165, 1.54) is 25.7 Å². The molecule has 2 aromatic carbocycles. The van der Waals surface area contributed by atoms with Crippen molar-refractivity contribution >= 4 is 11.8 Å². The first-order chi connectivity index (χ1) is 24.8. The molecule has 7 rings (SSSR count). The van der Waals surface area contributed by atoms with Crippen molar-refractivity contribution in [3.8, 4) is 16.9 Å². The molecule has 0 unspecified atom stereocenters. The molecule has 1 saturated heterocycles. The lowest BCUT2D eigenvalue weighted by Gasteiger charge is -2.62. The van der Waals surface area contributed by atoms with Crippen LogP contribution < -0.4 is 15.4 Å². The second-order valence-electron chi connectivity index (χ2n) is 17.1. The van der Waals surface area contributed by atoms with Crippen LogP contribution in [-0.2, 0) is 16.2 Å². The van der Waals surface area contributed by atoms with Crippen LogP contribution in [-0.4, -0.2) is 96.7 Å². The number of hydrogen-bond donors (Lipinski definition) is 4. The summed E-state index contributed by atoms with van der Waals surface area (Å²) >= 11 is 0. The Labute approximate surface area is 310 Å². The van der Waals surface area contributed by atoms with Crippen molar-refractivity contribution in [2.45, 2.75) is 110 Å². The van der Waals surface area contributed by atoms with Gasteiger partial charge in [-0.1, -0.05) is 70.4 Å². The van der Waals surface area contributed by atoms with Crippen molar-refractivity contribution in [1.82, 2.24) is 20.6 Å². The number of nitrogens with one attached hydrogen (secondary N) is 2. The van der Waals surface area contributed by atoms with Gasteiger partial charge in [0.2, 0.25) is 5.91 Å². The molecule has 4 aliphatic carbocycles. The number of amides is 2. The van der Waals surface area contributed by atoms with Gasteiger partial charge in [-0.25, -0.2) is 0 Å². The molecule has 0 aromatic heterocycles. The van der Waals surface area contributed by atoms with E-state index in [1.807, 2.05) is 42.5 Å². The number of aliphatic hydroxyl groups excluding tert-OH is 2. The molecule has 286 valence electrons. The van der Waals surface area contributed by atoms with Gasteiger partial charge in [0.05, 0.1) is 26.4 Å². The minimum absolute atomic E-state index is 0.0529. The summed E-state index contributed by atoms with van der Waals surface area (Å²) in [4.78, 5) is 36.3. The number of aliphatic hydroxyl groups is 2. The molecule has 1 aliphatic heterocycles. The van der Waals surface area contributed by atoms with Gasteiger partial charge >= 0.3 is 0 Å². The predicted molar refractivity (Wildman–Crippen MR) is 202 cm³/mol. The van der Waals surface area contributed by atoms with E-state index in [9.17, 15) is 19.8 Å². The molecule has 4 N–H and O–H groups in total. The molecule has 52 heavy (non-hydrogen) atoms. The van der Waals surface area contributed by atoms with E-state index in [2.05, 4.69) is 50.4 Å². The third-order valence-electron chi connectivity index (χ3n) is 13.2. The minimum Gasteiger partial charge on any atom is -0.496 e. The number of para-hydroxylation sites is 1. The predicted octanol–water partition coefficient (Wildman–Crippen LogP) is 5.26. The van der Waals surface area contributed by atoms with E-state index in [1.54, 1.807) is 19.1 Å². The molecule has 10 nitrogen and oxygen atoms in total. The van der Waals surface area contributed by atoms with Crippen molar-refractivity contribution in [2.24, 2.45) is 35.0 Å². The van der Waals surface area contributed by atoms with Crippen LogP contribution in [0.4, 0.5) is 0 Å². The zero-order chi connectivity index (χ0) is 37.3. The zero-order valence-corrected chi connectivity index (χ0v) is 32.3. The van der Waals surface area contributed by atoms with Gasteiger partial charge in [0, 0.05) is 41.2 Å². The van der Waals surface area contributed by atoms with Gasteiger partial charge in [-0.3, -0.25) is 14.4 Å². The standard InChI is InChI=1S/C42H62N4O6/c1-25-33-20-31(42(33,3)4)21-34(25)43-41(50)38-37(26(2)48)36(24-47)52-46(38)22-30-17-12-18-32(39(30)51-7)28-15-11-16-29(19-28)40(49)44-35(23-45(5)6)27-13-9-8-10-14-27/h11-12,15-19,25-27,31,33-38,47-48H,8-10,13-14,20-24H2,1-7H3,(H,43,50)(H,44,49)/t25-,26-,31-,33-,34-,35+,36-,37-,38-/m0/s1. The molecule has 5 fully saturated rings. The second-order valence-corrected chi connectivity index (χ2v) is 17.1. The molecule has 10 heteroatoms. The van der Waals surface area contributed by atoms with Crippen molar-refractivity contribution in [3.63, 3.8) is 0 Å². The first-order valence-electron chi connectivity index (χ1n) is 19.6. The number of ether oxygens (including phenoxy) is 1. The van der Waals surface area contributed by atoms with Gasteiger partial charge in [0.25, 0.3) is 5.91 Å². The second kappa shape index (κ2) is 16.1. The molecule has 2 aromatic rings. The van der Waals surface area contributed by atoms with Gasteiger partial charge in [-0.15, -0.1) is 0 Å². The average Bonchev–Trinajstić information content (AvgIpc) is 3.50. The van der Waals surface area contributed by atoms with Gasteiger partial charge in [0.15, 0.2) is 0 Å². The van der Waals surface area contributed by atoms with Crippen LogP contribution in [0.2, 0.25) is 0 Å². The molecule has 0 spiro atoms. The fourth-order valence-corrected chi connectivity index (χ4v) is 10.2. The van der Waals surface area contributed by atoms with Crippen LogP contribution in [0.3, 0.4) is 0 Å². The van der Waals surface area contributed by atoms with Crippen LogP contribution in [0.25, 0.3) is 11.1 Å². The number of likely N-dealkylation sites (N-methyl/N-ethyl adjacent to an activating group) is 1. The van der Waals surface area contributed by atoms with Gasteiger partial charge in [0.1, 0.15) is 17.9 Å². The van der Waals surface area contributed by atoms with Crippen LogP contribution in [0.15, 0.2) is 42.5 Å². The molecule has 1 heterocycles. The summed E-state index contributed by atoms with van der Waals surface area (Å²) in [6.07, 6.45) is 6.51. The highest BCUT2D eigenvalue weighted by atomic mass is 16.7. The largest absolute Gasteiger partial charge is 0.496 e. The SMILES string of the molecule is COc1c(CN2O[C@@H](CO)[C@H]([C@H](C)O)[C@H]2C(=O)N[C@H]2C[C@@H]3C[C@@H]([C@@H]2C)C3(C)C)cccc1-c1cccc(C(=O)N[C@H](CN(C)C)C2CCCCC2)c1. The number of methoxy groups -OCH3 is 1. The monoisotopic (exact) mass is 718 g/mol.